The lowest BCUT2D eigenvalue weighted by atomic mass is 10.1. The van der Waals surface area contributed by atoms with Gasteiger partial charge in [-0.05, 0) is 39.3 Å². The second kappa shape index (κ2) is 6.66. The van der Waals surface area contributed by atoms with E-state index in [4.69, 9.17) is 4.74 Å². The average molecular weight is 280 g/mol. The van der Waals surface area contributed by atoms with E-state index in [1.54, 1.807) is 19.1 Å². The Morgan fingerprint density at radius 3 is 2.42 bits per heavy atom. The van der Waals surface area contributed by atoms with Crippen molar-refractivity contribution in [1.82, 2.24) is 0 Å². The summed E-state index contributed by atoms with van der Waals surface area (Å²) < 4.78 is 16.4. The zero-order valence-corrected chi connectivity index (χ0v) is 12.6. The summed E-state index contributed by atoms with van der Waals surface area (Å²) in [6.07, 6.45) is 4.06. The van der Waals surface area contributed by atoms with Crippen LogP contribution >= 0.6 is 0 Å². The summed E-state index contributed by atoms with van der Waals surface area (Å²) in [6, 6.07) is 7.37. The minimum atomic E-state index is -1.45. The van der Waals surface area contributed by atoms with Gasteiger partial charge in [-0.15, -0.1) is 0 Å². The Labute approximate surface area is 117 Å². The molecule has 4 heteroatoms. The Balaban J connectivity index is 3.13. The van der Waals surface area contributed by atoms with E-state index in [1.165, 1.54) is 7.11 Å². The molecule has 0 saturated carbocycles. The van der Waals surface area contributed by atoms with Crippen LogP contribution in [0.4, 0.5) is 0 Å². The molecule has 0 saturated heterocycles. The molecule has 19 heavy (non-hydrogen) atoms. The monoisotopic (exact) mass is 280 g/mol. The summed E-state index contributed by atoms with van der Waals surface area (Å²) in [5.74, 6) is -0.454. The molecular formula is C15H20O3S. The molecule has 1 rings (SSSR count). The number of rotatable bonds is 5. The van der Waals surface area contributed by atoms with Crippen molar-refractivity contribution in [2.45, 2.75) is 36.8 Å². The summed E-state index contributed by atoms with van der Waals surface area (Å²) >= 11 is 0. The van der Waals surface area contributed by atoms with Crippen LogP contribution < -0.4 is 0 Å². The first-order valence-corrected chi connectivity index (χ1v) is 7.29. The summed E-state index contributed by atoms with van der Waals surface area (Å²) in [4.78, 5) is 12.6. The number of methoxy groups -OCH3 is 1. The number of aryl methyl sites for hydroxylation is 1. The summed E-state index contributed by atoms with van der Waals surface area (Å²) in [6.45, 7) is 5.51. The molecule has 0 N–H and O–H groups in total. The van der Waals surface area contributed by atoms with Gasteiger partial charge < -0.3 is 4.74 Å². The second-order valence-corrected chi connectivity index (χ2v) is 6.49. The van der Waals surface area contributed by atoms with E-state index >= 15 is 0 Å². The number of hydrogen-bond acceptors (Lipinski definition) is 3. The molecule has 0 fully saturated rings. The van der Waals surface area contributed by atoms with Crippen LogP contribution in [0.3, 0.4) is 0 Å². The third-order valence-electron chi connectivity index (χ3n) is 3.00. The molecule has 0 aliphatic heterocycles. The lowest BCUT2D eigenvalue weighted by Gasteiger charge is -2.24. The minimum absolute atomic E-state index is 0.386. The number of carbonyl (C=O) groups is 1. The van der Waals surface area contributed by atoms with Crippen molar-refractivity contribution >= 4 is 16.8 Å². The van der Waals surface area contributed by atoms with Crippen molar-refractivity contribution in [2.24, 2.45) is 0 Å². The zero-order valence-electron chi connectivity index (χ0n) is 11.8. The first-order valence-electron chi connectivity index (χ1n) is 6.14. The highest BCUT2D eigenvalue weighted by atomic mass is 32.2. The molecule has 0 radical (unpaired) electrons. The van der Waals surface area contributed by atoms with Crippen LogP contribution in [-0.4, -0.2) is 22.0 Å². The maximum absolute atomic E-state index is 12.7. The molecule has 0 amide bonds. The molecule has 3 nitrogen and oxygen atoms in total. The first-order chi connectivity index (χ1) is 8.95. The number of allylic oxidation sites excluding steroid dienone is 2. The Bertz CT molecular complexity index is 491. The molecule has 104 valence electrons. The maximum atomic E-state index is 12.7. The summed E-state index contributed by atoms with van der Waals surface area (Å²) in [7, 11) is -0.130. The standard InChI is InChI=1S/C15H20O3S/c1-5-6-11-15(3,14(16)18-4)19(17)13-9-7-12(2)8-10-13/h5-10H,11H2,1-4H3/b6-5-/t15-,19?/m0/s1. The van der Waals surface area contributed by atoms with Crippen LogP contribution in [0.15, 0.2) is 41.3 Å². The highest BCUT2D eigenvalue weighted by molar-refractivity contribution is 7.87. The highest BCUT2D eigenvalue weighted by Gasteiger charge is 2.40. The molecule has 2 atom stereocenters. The molecule has 0 aliphatic carbocycles. The Morgan fingerprint density at radius 2 is 1.95 bits per heavy atom. The number of esters is 1. The number of hydrogen-bond donors (Lipinski definition) is 0. The van der Waals surface area contributed by atoms with Gasteiger partial charge in [0.2, 0.25) is 0 Å². The lowest BCUT2D eigenvalue weighted by Crippen LogP contribution is -2.40. The Morgan fingerprint density at radius 1 is 1.37 bits per heavy atom. The van der Waals surface area contributed by atoms with Crippen molar-refractivity contribution < 1.29 is 13.7 Å². The van der Waals surface area contributed by atoms with Crippen LogP contribution in [0.2, 0.25) is 0 Å². The van der Waals surface area contributed by atoms with E-state index in [0.29, 0.717) is 11.3 Å². The van der Waals surface area contributed by atoms with Crippen LogP contribution in [0.25, 0.3) is 0 Å². The fraction of sp³-hybridized carbons (Fsp3) is 0.400. The number of benzene rings is 1. The predicted molar refractivity (Wildman–Crippen MR) is 77.4 cm³/mol. The third-order valence-corrected chi connectivity index (χ3v) is 4.86. The quantitative estimate of drug-likeness (QED) is 0.615. The van der Waals surface area contributed by atoms with Gasteiger partial charge in [-0.25, -0.2) is 0 Å². The smallest absolute Gasteiger partial charge is 0.325 e. The average Bonchev–Trinajstić information content (AvgIpc) is 2.43. The van der Waals surface area contributed by atoms with E-state index in [9.17, 15) is 9.00 Å². The first kappa shape index (κ1) is 15.6. The van der Waals surface area contributed by atoms with Crippen molar-refractivity contribution in [2.75, 3.05) is 7.11 Å². The molecule has 0 bridgehead atoms. The van der Waals surface area contributed by atoms with Crippen molar-refractivity contribution in [1.29, 1.82) is 0 Å². The van der Waals surface area contributed by atoms with Gasteiger partial charge in [-0.2, -0.15) is 0 Å². The molecular weight excluding hydrogens is 260 g/mol. The molecule has 0 spiro atoms. The summed E-state index contributed by atoms with van der Waals surface area (Å²) in [5, 5.41) is 0. The van der Waals surface area contributed by atoms with Gasteiger partial charge in [0.15, 0.2) is 0 Å². The van der Waals surface area contributed by atoms with E-state index < -0.39 is 21.5 Å². The van der Waals surface area contributed by atoms with E-state index in [1.807, 2.05) is 38.1 Å². The molecule has 0 heterocycles. The summed E-state index contributed by atoms with van der Waals surface area (Å²) in [5.41, 5.74) is 1.09. The fourth-order valence-corrected chi connectivity index (χ4v) is 3.10. The van der Waals surface area contributed by atoms with E-state index in [2.05, 4.69) is 0 Å². The predicted octanol–water partition coefficient (Wildman–Crippen LogP) is 3.00. The van der Waals surface area contributed by atoms with Crippen LogP contribution in [-0.2, 0) is 20.3 Å². The third kappa shape index (κ3) is 3.53. The molecule has 1 aromatic carbocycles. The molecule has 1 aromatic rings. The van der Waals surface area contributed by atoms with Gasteiger partial charge in [-0.3, -0.25) is 9.00 Å². The van der Waals surface area contributed by atoms with Crippen molar-refractivity contribution in [3.8, 4) is 0 Å². The Hall–Kier alpha value is -1.42. The largest absolute Gasteiger partial charge is 0.468 e. The van der Waals surface area contributed by atoms with Crippen molar-refractivity contribution in [3.05, 3.63) is 42.0 Å². The normalized spacial score (nSPS) is 16.0. The van der Waals surface area contributed by atoms with Gasteiger partial charge in [0, 0.05) is 4.90 Å². The zero-order chi connectivity index (χ0) is 14.5. The molecule has 0 aliphatic rings. The van der Waals surface area contributed by atoms with Gasteiger partial charge in [0.1, 0.15) is 4.75 Å². The van der Waals surface area contributed by atoms with Gasteiger partial charge in [-0.1, -0.05) is 29.8 Å². The van der Waals surface area contributed by atoms with Crippen LogP contribution in [0, 0.1) is 6.92 Å². The number of ether oxygens (including phenoxy) is 1. The van der Waals surface area contributed by atoms with Gasteiger partial charge >= 0.3 is 5.97 Å². The number of carbonyl (C=O) groups excluding carboxylic acids is 1. The van der Waals surface area contributed by atoms with Gasteiger partial charge in [0.25, 0.3) is 0 Å². The topological polar surface area (TPSA) is 43.4 Å². The SMILES string of the molecule is C/C=C\C[C@@](C)(C(=O)OC)S(=O)c1ccc(C)cc1. The fourth-order valence-electron chi connectivity index (χ4n) is 1.72. The maximum Gasteiger partial charge on any atom is 0.325 e. The van der Waals surface area contributed by atoms with E-state index in [-0.39, 0.29) is 0 Å². The Kier molecular flexibility index (Phi) is 5.48. The second-order valence-electron chi connectivity index (χ2n) is 4.58. The molecule has 1 unspecified atom stereocenters. The van der Waals surface area contributed by atoms with Crippen LogP contribution in [0.1, 0.15) is 25.8 Å². The van der Waals surface area contributed by atoms with Crippen molar-refractivity contribution in [3.63, 3.8) is 0 Å². The highest BCUT2D eigenvalue weighted by Crippen LogP contribution is 2.27. The van der Waals surface area contributed by atoms with Gasteiger partial charge in [0.05, 0.1) is 17.9 Å². The molecule has 0 aromatic heterocycles. The minimum Gasteiger partial charge on any atom is -0.468 e. The lowest BCUT2D eigenvalue weighted by molar-refractivity contribution is -0.143. The van der Waals surface area contributed by atoms with Crippen LogP contribution in [0.5, 0.6) is 0 Å². The van der Waals surface area contributed by atoms with E-state index in [0.717, 1.165) is 5.56 Å².